The van der Waals surface area contributed by atoms with Gasteiger partial charge in [-0.1, -0.05) is 0 Å². The lowest BCUT2D eigenvalue weighted by atomic mass is 10.1. The summed E-state index contributed by atoms with van der Waals surface area (Å²) >= 11 is 0. The number of nitro groups is 1. The van der Waals surface area contributed by atoms with Crippen molar-refractivity contribution in [2.75, 3.05) is 50.5 Å². The second-order valence-corrected chi connectivity index (χ2v) is 8.63. The van der Waals surface area contributed by atoms with Gasteiger partial charge in [-0.15, -0.1) is 0 Å². The Kier molecular flexibility index (Phi) is 7.99. The number of carbonyl (C=O) groups is 2. The van der Waals surface area contributed by atoms with E-state index in [1.165, 1.54) is 12.1 Å². The van der Waals surface area contributed by atoms with Gasteiger partial charge in [0.15, 0.2) is 0 Å². The lowest BCUT2D eigenvalue weighted by molar-refractivity contribution is -0.387. The number of rotatable bonds is 8. The number of amides is 1. The molecule has 1 aliphatic heterocycles. The van der Waals surface area contributed by atoms with Crippen molar-refractivity contribution in [2.45, 2.75) is 11.8 Å². The highest BCUT2D eigenvalue weighted by atomic mass is 32.2. The first-order valence-corrected chi connectivity index (χ1v) is 11.7. The Balaban J connectivity index is 1.69. The molecule has 2 aromatic carbocycles. The van der Waals surface area contributed by atoms with Crippen LogP contribution < -0.4 is 9.64 Å². The minimum atomic E-state index is -1.96. The largest absolute Gasteiger partial charge is 0.497 e. The summed E-state index contributed by atoms with van der Waals surface area (Å²) in [7, 11) is -0.353. The summed E-state index contributed by atoms with van der Waals surface area (Å²) in [5.41, 5.74) is 0.698. The van der Waals surface area contributed by atoms with Gasteiger partial charge in [0.1, 0.15) is 16.4 Å². The average molecular weight is 476 g/mol. The molecule has 0 aliphatic carbocycles. The fraction of sp³-hybridized carbons (Fsp3) is 0.364. The maximum atomic E-state index is 13.0. The molecule has 1 atom stereocenters. The van der Waals surface area contributed by atoms with Gasteiger partial charge < -0.3 is 19.3 Å². The Bertz CT molecular complexity index is 1050. The third-order valence-corrected chi connectivity index (χ3v) is 6.54. The van der Waals surface area contributed by atoms with Gasteiger partial charge in [0.2, 0.25) is 0 Å². The Morgan fingerprint density at radius 1 is 1.09 bits per heavy atom. The fourth-order valence-electron chi connectivity index (χ4n) is 3.52. The molecule has 0 bridgehead atoms. The first-order chi connectivity index (χ1) is 15.8. The van der Waals surface area contributed by atoms with Crippen LogP contribution in [0.2, 0.25) is 0 Å². The van der Waals surface area contributed by atoms with Crippen LogP contribution in [0.15, 0.2) is 47.4 Å². The van der Waals surface area contributed by atoms with Crippen LogP contribution in [0.5, 0.6) is 5.75 Å². The molecule has 11 heteroatoms. The van der Waals surface area contributed by atoms with Crippen LogP contribution in [0.3, 0.4) is 0 Å². The second kappa shape index (κ2) is 10.9. The second-order valence-electron chi connectivity index (χ2n) is 7.21. The molecule has 1 unspecified atom stereocenters. The number of benzene rings is 2. The number of nitrogens with zero attached hydrogens (tertiary/aromatic N) is 3. The van der Waals surface area contributed by atoms with E-state index in [0.717, 1.165) is 17.5 Å². The number of hydrogen-bond acceptors (Lipinski definition) is 8. The topological polar surface area (TPSA) is 119 Å². The van der Waals surface area contributed by atoms with Gasteiger partial charge in [0.25, 0.3) is 11.6 Å². The smallest absolute Gasteiger partial charge is 0.318 e. The van der Waals surface area contributed by atoms with Crippen molar-refractivity contribution in [1.29, 1.82) is 0 Å². The summed E-state index contributed by atoms with van der Waals surface area (Å²) in [6.45, 7) is 3.87. The van der Waals surface area contributed by atoms with E-state index in [9.17, 15) is 23.9 Å². The van der Waals surface area contributed by atoms with E-state index in [1.54, 1.807) is 18.9 Å². The van der Waals surface area contributed by atoms with Crippen molar-refractivity contribution in [3.8, 4) is 5.75 Å². The molecule has 33 heavy (non-hydrogen) atoms. The zero-order valence-corrected chi connectivity index (χ0v) is 19.2. The number of carbonyl (C=O) groups excluding carboxylic acids is 2. The van der Waals surface area contributed by atoms with E-state index in [4.69, 9.17) is 9.47 Å². The Hall–Kier alpha value is -3.47. The van der Waals surface area contributed by atoms with Gasteiger partial charge in [-0.2, -0.15) is 0 Å². The molecule has 1 fully saturated rings. The zero-order valence-electron chi connectivity index (χ0n) is 18.4. The zero-order chi connectivity index (χ0) is 24.0. The lowest BCUT2D eigenvalue weighted by Crippen LogP contribution is -2.48. The summed E-state index contributed by atoms with van der Waals surface area (Å²) < 4.78 is 22.4. The molecule has 2 aromatic rings. The molecule has 0 saturated carbocycles. The molecule has 10 nitrogen and oxygen atoms in total. The van der Waals surface area contributed by atoms with Gasteiger partial charge in [0.05, 0.1) is 29.4 Å². The molecule has 1 saturated heterocycles. The SMILES string of the molecule is CCOC(=O)CS(=O)c1ccc(C(=O)N2CCN(c3ccc(OC)cc3)CC2)cc1[N+](=O)[O-]. The van der Waals surface area contributed by atoms with Crippen LogP contribution in [-0.2, 0) is 20.3 Å². The predicted octanol–water partition coefficient (Wildman–Crippen LogP) is 2.24. The van der Waals surface area contributed by atoms with Crippen molar-refractivity contribution in [1.82, 2.24) is 4.90 Å². The highest BCUT2D eigenvalue weighted by Crippen LogP contribution is 2.26. The standard InChI is InChI=1S/C22H25N3O7S/c1-3-32-21(26)15-33(30)20-9-4-16(14-19(20)25(28)29)22(27)24-12-10-23(11-13-24)17-5-7-18(31-2)8-6-17/h4-9,14H,3,10-13,15H2,1-2H3. The molecule has 1 aliphatic rings. The van der Waals surface area contributed by atoms with Crippen molar-refractivity contribution in [2.24, 2.45) is 0 Å². The number of esters is 1. The first-order valence-electron chi connectivity index (χ1n) is 10.3. The van der Waals surface area contributed by atoms with Gasteiger partial charge in [-0.25, -0.2) is 0 Å². The summed E-state index contributed by atoms with van der Waals surface area (Å²) in [5, 5.41) is 11.5. The maximum Gasteiger partial charge on any atom is 0.318 e. The van der Waals surface area contributed by atoms with Crippen molar-refractivity contribution >= 4 is 34.1 Å². The third kappa shape index (κ3) is 5.86. The summed E-state index contributed by atoms with van der Waals surface area (Å²) in [6.07, 6.45) is 0. The van der Waals surface area contributed by atoms with Crippen LogP contribution in [0.25, 0.3) is 0 Å². The van der Waals surface area contributed by atoms with Crippen LogP contribution in [0, 0.1) is 10.1 Å². The predicted molar refractivity (Wildman–Crippen MR) is 122 cm³/mol. The number of nitro benzene ring substituents is 1. The van der Waals surface area contributed by atoms with E-state index in [0.29, 0.717) is 26.2 Å². The first kappa shape index (κ1) is 24.2. The summed E-state index contributed by atoms with van der Waals surface area (Å²) in [5.74, 6) is -0.772. The molecule has 1 heterocycles. The van der Waals surface area contributed by atoms with Gasteiger partial charge >= 0.3 is 5.97 Å². The third-order valence-electron chi connectivity index (χ3n) is 5.21. The van der Waals surface area contributed by atoms with Gasteiger partial charge in [-0.05, 0) is 43.3 Å². The molecule has 3 rings (SSSR count). The molecule has 176 valence electrons. The van der Waals surface area contributed by atoms with E-state index in [-0.39, 0.29) is 23.0 Å². The summed E-state index contributed by atoms with van der Waals surface area (Å²) in [6, 6.07) is 11.5. The van der Waals surface area contributed by atoms with Crippen molar-refractivity contribution in [3.63, 3.8) is 0 Å². The number of hydrogen-bond donors (Lipinski definition) is 0. The minimum Gasteiger partial charge on any atom is -0.497 e. The maximum absolute atomic E-state index is 13.0. The number of ether oxygens (including phenoxy) is 2. The fourth-order valence-corrected chi connectivity index (χ4v) is 4.56. The monoisotopic (exact) mass is 475 g/mol. The molecular formula is C22H25N3O7S. The van der Waals surface area contributed by atoms with Crippen LogP contribution in [-0.4, -0.2) is 71.6 Å². The van der Waals surface area contributed by atoms with E-state index in [2.05, 4.69) is 4.90 Å². The molecule has 0 N–H and O–H groups in total. The highest BCUT2D eigenvalue weighted by Gasteiger charge is 2.27. The number of piperazine rings is 1. The summed E-state index contributed by atoms with van der Waals surface area (Å²) in [4.78, 5) is 39.1. The lowest BCUT2D eigenvalue weighted by Gasteiger charge is -2.36. The Labute approximate surface area is 193 Å². The normalized spacial score (nSPS) is 14.5. The molecule has 0 spiro atoms. The van der Waals surface area contributed by atoms with Crippen molar-refractivity contribution in [3.05, 3.63) is 58.1 Å². The van der Waals surface area contributed by atoms with Crippen LogP contribution in [0.4, 0.5) is 11.4 Å². The minimum absolute atomic E-state index is 0.117. The van der Waals surface area contributed by atoms with Gasteiger partial charge in [-0.3, -0.25) is 23.9 Å². The van der Waals surface area contributed by atoms with E-state index < -0.39 is 33.1 Å². The van der Waals surface area contributed by atoms with E-state index >= 15 is 0 Å². The van der Waals surface area contributed by atoms with E-state index in [1.807, 2.05) is 24.3 Å². The molecule has 0 radical (unpaired) electrons. The van der Waals surface area contributed by atoms with Crippen LogP contribution in [0.1, 0.15) is 17.3 Å². The Morgan fingerprint density at radius 2 is 1.76 bits per heavy atom. The van der Waals surface area contributed by atoms with Gasteiger partial charge in [0, 0.05) is 43.5 Å². The number of methoxy groups -OCH3 is 1. The van der Waals surface area contributed by atoms with Crippen molar-refractivity contribution < 1.29 is 28.2 Å². The average Bonchev–Trinajstić information content (AvgIpc) is 2.83. The quantitative estimate of drug-likeness (QED) is 0.324. The Morgan fingerprint density at radius 3 is 2.33 bits per heavy atom. The number of anilines is 1. The van der Waals surface area contributed by atoms with Crippen LogP contribution >= 0.6 is 0 Å². The molecule has 0 aromatic heterocycles. The molecular weight excluding hydrogens is 450 g/mol. The molecule has 1 amide bonds. The highest BCUT2D eigenvalue weighted by molar-refractivity contribution is 7.85.